The fourth-order valence-electron chi connectivity index (χ4n) is 3.86. The van der Waals surface area contributed by atoms with E-state index in [0.717, 1.165) is 12.8 Å². The van der Waals surface area contributed by atoms with Crippen LogP contribution in [-0.4, -0.2) is 69.6 Å². The zero-order valence-corrected chi connectivity index (χ0v) is 23.6. The monoisotopic (exact) mass is 538 g/mol. The second kappa shape index (κ2) is 24.1. The molecule has 0 aliphatic carbocycles. The first-order valence-electron chi connectivity index (χ1n) is 14.5. The van der Waals surface area contributed by atoms with Crippen LogP contribution < -0.4 is 0 Å². The van der Waals surface area contributed by atoms with Crippen LogP contribution in [0, 0.1) is 0 Å². The summed E-state index contributed by atoms with van der Waals surface area (Å²) in [6.07, 6.45) is 14.2. The van der Waals surface area contributed by atoms with Gasteiger partial charge in [0.25, 0.3) is 0 Å². The van der Waals surface area contributed by atoms with Crippen LogP contribution in [0.2, 0.25) is 0 Å². The number of carbonyl (C=O) groups is 2. The van der Waals surface area contributed by atoms with E-state index in [4.69, 9.17) is 23.7 Å². The smallest absolute Gasteiger partial charge is 0.339 e. The van der Waals surface area contributed by atoms with E-state index in [1.807, 2.05) is 0 Å². The van der Waals surface area contributed by atoms with Crippen molar-refractivity contribution in [3.8, 4) is 0 Å². The lowest BCUT2D eigenvalue weighted by atomic mass is 10.1. The summed E-state index contributed by atoms with van der Waals surface area (Å²) >= 11 is 0. The van der Waals surface area contributed by atoms with Gasteiger partial charge in [-0.3, -0.25) is 0 Å². The number of carbonyl (C=O) groups excluding carboxylic acids is 1. The van der Waals surface area contributed by atoms with Crippen molar-refractivity contribution < 1.29 is 38.4 Å². The van der Waals surface area contributed by atoms with Crippen LogP contribution in [-0.2, 0) is 23.7 Å². The van der Waals surface area contributed by atoms with E-state index in [2.05, 4.69) is 13.8 Å². The molecule has 0 radical (unpaired) electrons. The maximum Gasteiger partial charge on any atom is 0.339 e. The normalized spacial score (nSPS) is 11.2. The average Bonchev–Trinajstić information content (AvgIpc) is 2.92. The van der Waals surface area contributed by atoms with Crippen LogP contribution in [0.25, 0.3) is 0 Å². The molecule has 0 aromatic heterocycles. The van der Waals surface area contributed by atoms with E-state index in [1.54, 1.807) is 12.1 Å². The number of aromatic carboxylic acids is 1. The summed E-state index contributed by atoms with van der Waals surface area (Å²) in [4.78, 5) is 23.4. The number of ether oxygens (including phenoxy) is 5. The molecule has 0 fully saturated rings. The van der Waals surface area contributed by atoms with Gasteiger partial charge in [-0.05, 0) is 25.0 Å². The highest BCUT2D eigenvalue weighted by molar-refractivity contribution is 6.02. The zero-order chi connectivity index (χ0) is 27.7. The molecule has 0 heterocycles. The van der Waals surface area contributed by atoms with Crippen LogP contribution in [0.1, 0.15) is 112 Å². The first kappa shape index (κ1) is 34.0. The van der Waals surface area contributed by atoms with Crippen molar-refractivity contribution in [2.24, 2.45) is 0 Å². The summed E-state index contributed by atoms with van der Waals surface area (Å²) in [6.45, 7) is 7.05. The number of hydrogen-bond acceptors (Lipinski definition) is 7. The van der Waals surface area contributed by atoms with Crippen LogP contribution in [0.5, 0.6) is 0 Å². The van der Waals surface area contributed by atoms with Gasteiger partial charge in [-0.25, -0.2) is 9.59 Å². The Balaban J connectivity index is 2.20. The lowest BCUT2D eigenvalue weighted by molar-refractivity contribution is -0.175. The molecule has 0 amide bonds. The molecule has 1 rings (SSSR count). The van der Waals surface area contributed by atoms with Gasteiger partial charge in [0.1, 0.15) is 6.61 Å². The van der Waals surface area contributed by atoms with Crippen molar-refractivity contribution in [1.82, 2.24) is 0 Å². The summed E-state index contributed by atoms with van der Waals surface area (Å²) in [5.41, 5.74) is -0.0601. The summed E-state index contributed by atoms with van der Waals surface area (Å²) in [6, 6.07) is 5.96. The molecule has 0 aliphatic heterocycles. The molecule has 1 aromatic carbocycles. The summed E-state index contributed by atoms with van der Waals surface area (Å²) in [7, 11) is 0. The van der Waals surface area contributed by atoms with Gasteiger partial charge in [0, 0.05) is 13.2 Å². The van der Waals surface area contributed by atoms with Gasteiger partial charge in [-0.1, -0.05) is 90.2 Å². The summed E-state index contributed by atoms with van der Waals surface area (Å²) in [5.74, 6) is -1.85. The van der Waals surface area contributed by atoms with Crippen LogP contribution >= 0.6 is 0 Å². The molecule has 8 nitrogen and oxygen atoms in total. The van der Waals surface area contributed by atoms with Crippen LogP contribution in [0.4, 0.5) is 0 Å². The van der Waals surface area contributed by atoms with Crippen molar-refractivity contribution in [2.45, 2.75) is 97.2 Å². The number of unbranched alkanes of at least 4 members (excludes halogenated alkanes) is 10. The van der Waals surface area contributed by atoms with Gasteiger partial charge in [0.2, 0.25) is 0 Å². The Hall–Kier alpha value is -2.00. The minimum absolute atomic E-state index is 0.0243. The second-order valence-electron chi connectivity index (χ2n) is 9.38. The van der Waals surface area contributed by atoms with E-state index in [9.17, 15) is 14.7 Å². The number of carboxylic acids is 1. The molecule has 1 aromatic rings. The Morgan fingerprint density at radius 3 is 1.74 bits per heavy atom. The zero-order valence-electron chi connectivity index (χ0n) is 23.6. The summed E-state index contributed by atoms with van der Waals surface area (Å²) < 4.78 is 28.2. The highest BCUT2D eigenvalue weighted by Crippen LogP contribution is 2.11. The minimum atomic E-state index is -1.17. The highest BCUT2D eigenvalue weighted by Gasteiger charge is 2.16. The molecule has 0 saturated carbocycles. The van der Waals surface area contributed by atoms with E-state index < -0.39 is 11.9 Å². The van der Waals surface area contributed by atoms with E-state index >= 15 is 0 Å². The van der Waals surface area contributed by atoms with Crippen molar-refractivity contribution in [3.63, 3.8) is 0 Å². The first-order chi connectivity index (χ1) is 18.6. The number of esters is 1. The van der Waals surface area contributed by atoms with Gasteiger partial charge in [-0.2, -0.15) is 0 Å². The standard InChI is InChI=1S/C30H50O8/c1-3-5-7-9-11-15-19-36-28(37-20-16-12-10-8-6-4-2)25-35-22-21-34-23-24-38-30(33)27-18-14-13-17-26(27)29(31)32/h13-14,17-18,28H,3-12,15-16,19-25H2,1-2H3,(H,31,32). The average molecular weight is 539 g/mol. The van der Waals surface area contributed by atoms with Crippen molar-refractivity contribution in [2.75, 3.05) is 46.2 Å². The molecule has 8 heteroatoms. The third kappa shape index (κ3) is 17.5. The van der Waals surface area contributed by atoms with Gasteiger partial charge in [0.05, 0.1) is 37.6 Å². The first-order valence-corrected chi connectivity index (χ1v) is 14.5. The molecule has 218 valence electrons. The van der Waals surface area contributed by atoms with Crippen LogP contribution in [0.15, 0.2) is 24.3 Å². The number of hydrogen-bond donors (Lipinski definition) is 1. The maximum atomic E-state index is 12.1. The minimum Gasteiger partial charge on any atom is -0.478 e. The molecule has 0 atom stereocenters. The predicted octanol–water partition coefficient (Wildman–Crippen LogP) is 6.66. The molecular formula is C30H50O8. The quantitative estimate of drug-likeness (QED) is 0.0794. The molecule has 0 saturated heterocycles. The third-order valence-electron chi connectivity index (χ3n) is 6.07. The van der Waals surface area contributed by atoms with E-state index in [1.165, 1.54) is 76.3 Å². The van der Waals surface area contributed by atoms with Gasteiger partial charge < -0.3 is 28.8 Å². The van der Waals surface area contributed by atoms with Gasteiger partial charge in [0.15, 0.2) is 6.29 Å². The predicted molar refractivity (Wildman–Crippen MR) is 148 cm³/mol. The van der Waals surface area contributed by atoms with Gasteiger partial charge in [-0.15, -0.1) is 0 Å². The Morgan fingerprint density at radius 1 is 0.658 bits per heavy atom. The maximum absolute atomic E-state index is 12.1. The SMILES string of the molecule is CCCCCCCCOC(COCCOCCOC(=O)c1ccccc1C(=O)O)OCCCCCCCC. The number of benzene rings is 1. The fourth-order valence-corrected chi connectivity index (χ4v) is 3.86. The number of rotatable bonds is 26. The third-order valence-corrected chi connectivity index (χ3v) is 6.07. The lowest BCUT2D eigenvalue weighted by Crippen LogP contribution is -2.25. The number of carboxylic acid groups (broad SMARTS) is 1. The fraction of sp³-hybridized carbons (Fsp3) is 0.733. The van der Waals surface area contributed by atoms with Crippen LogP contribution in [0.3, 0.4) is 0 Å². The molecule has 0 bridgehead atoms. The van der Waals surface area contributed by atoms with Gasteiger partial charge >= 0.3 is 11.9 Å². The Morgan fingerprint density at radius 2 is 1.16 bits per heavy atom. The van der Waals surface area contributed by atoms with E-state index in [-0.39, 0.29) is 30.6 Å². The molecule has 0 aliphatic rings. The molecule has 0 unspecified atom stereocenters. The van der Waals surface area contributed by atoms with Crippen molar-refractivity contribution in [3.05, 3.63) is 35.4 Å². The van der Waals surface area contributed by atoms with Crippen molar-refractivity contribution >= 4 is 11.9 Å². The Kier molecular flexibility index (Phi) is 21.6. The molecule has 0 spiro atoms. The largest absolute Gasteiger partial charge is 0.478 e. The topological polar surface area (TPSA) is 101 Å². The highest BCUT2D eigenvalue weighted by atomic mass is 16.7. The summed E-state index contributed by atoms with van der Waals surface area (Å²) in [5, 5.41) is 9.18. The Labute approximate surface area is 229 Å². The molecule has 1 N–H and O–H groups in total. The van der Waals surface area contributed by atoms with Crippen molar-refractivity contribution in [1.29, 1.82) is 0 Å². The Bertz CT molecular complexity index is 706. The molecule has 38 heavy (non-hydrogen) atoms. The lowest BCUT2D eigenvalue weighted by Gasteiger charge is -2.19. The van der Waals surface area contributed by atoms with E-state index in [0.29, 0.717) is 33.0 Å². The molecular weight excluding hydrogens is 488 g/mol. The second-order valence-corrected chi connectivity index (χ2v) is 9.38.